The SMILES string of the molecule is COC[C@@]12CC[C@@H](N3CCOCC3)C[C@H]1CCN(c1ncnc3ccc(C)nc13)C2. The molecule has 2 aromatic rings. The second kappa shape index (κ2) is 8.36. The summed E-state index contributed by atoms with van der Waals surface area (Å²) in [6.07, 6.45) is 6.59. The van der Waals surface area contributed by atoms with Gasteiger partial charge in [0.25, 0.3) is 0 Å². The lowest BCUT2D eigenvalue weighted by Gasteiger charge is -2.54. The zero-order valence-corrected chi connectivity index (χ0v) is 18.2. The first-order valence-corrected chi connectivity index (χ1v) is 11.3. The number of ether oxygens (including phenoxy) is 2. The van der Waals surface area contributed by atoms with E-state index >= 15 is 0 Å². The molecular formula is C23H33N5O2. The van der Waals surface area contributed by atoms with E-state index in [1.807, 2.05) is 26.2 Å². The summed E-state index contributed by atoms with van der Waals surface area (Å²) in [5, 5.41) is 0. The largest absolute Gasteiger partial charge is 0.384 e. The minimum atomic E-state index is 0.191. The van der Waals surface area contributed by atoms with Crippen molar-refractivity contribution in [1.29, 1.82) is 0 Å². The third-order valence-corrected chi connectivity index (χ3v) is 7.55. The molecule has 1 aliphatic carbocycles. The average Bonchev–Trinajstić information content (AvgIpc) is 2.78. The van der Waals surface area contributed by atoms with Gasteiger partial charge in [-0.25, -0.2) is 15.0 Å². The van der Waals surface area contributed by atoms with Crippen LogP contribution >= 0.6 is 0 Å². The number of nitrogens with zero attached hydrogens (tertiary/aromatic N) is 5. The summed E-state index contributed by atoms with van der Waals surface area (Å²) in [5.74, 6) is 1.67. The van der Waals surface area contributed by atoms with Crippen LogP contribution in [0.1, 0.15) is 31.4 Å². The minimum absolute atomic E-state index is 0.191. The van der Waals surface area contributed by atoms with E-state index in [1.54, 1.807) is 6.33 Å². The van der Waals surface area contributed by atoms with Crippen molar-refractivity contribution in [1.82, 2.24) is 19.9 Å². The molecule has 30 heavy (non-hydrogen) atoms. The minimum Gasteiger partial charge on any atom is -0.384 e. The van der Waals surface area contributed by atoms with Gasteiger partial charge in [0, 0.05) is 50.4 Å². The van der Waals surface area contributed by atoms with Crippen LogP contribution in [0.15, 0.2) is 18.5 Å². The van der Waals surface area contributed by atoms with E-state index in [4.69, 9.17) is 14.5 Å². The summed E-state index contributed by atoms with van der Waals surface area (Å²) < 4.78 is 11.4. The number of piperidine rings is 1. The molecule has 0 aromatic carbocycles. The van der Waals surface area contributed by atoms with E-state index in [0.717, 1.165) is 68.5 Å². The third-order valence-electron chi connectivity index (χ3n) is 7.55. The lowest BCUT2D eigenvalue weighted by molar-refractivity contribution is -0.0539. The Labute approximate surface area is 178 Å². The van der Waals surface area contributed by atoms with Crippen LogP contribution in [-0.4, -0.2) is 79.0 Å². The highest BCUT2D eigenvalue weighted by Crippen LogP contribution is 2.48. The number of anilines is 1. The Morgan fingerprint density at radius 1 is 1.17 bits per heavy atom. The summed E-state index contributed by atoms with van der Waals surface area (Å²) in [6, 6.07) is 4.76. The smallest absolute Gasteiger partial charge is 0.158 e. The van der Waals surface area contributed by atoms with Crippen molar-refractivity contribution < 1.29 is 9.47 Å². The molecule has 0 N–H and O–H groups in total. The molecule has 4 heterocycles. The van der Waals surface area contributed by atoms with E-state index in [0.29, 0.717) is 12.0 Å². The van der Waals surface area contributed by atoms with Gasteiger partial charge in [-0.2, -0.15) is 0 Å². The maximum absolute atomic E-state index is 5.80. The normalized spacial score (nSPS) is 30.4. The molecule has 162 valence electrons. The summed E-state index contributed by atoms with van der Waals surface area (Å²) in [5.41, 5.74) is 3.04. The molecule has 3 fully saturated rings. The molecule has 2 aliphatic heterocycles. The van der Waals surface area contributed by atoms with Crippen molar-refractivity contribution in [3.63, 3.8) is 0 Å². The standard InChI is InChI=1S/C23H33N5O2/c1-17-3-4-20-21(26-17)22(25-16-24-20)28-8-6-18-13-19(27-9-11-30-12-10-27)5-7-23(18,14-28)15-29-2/h3-4,16,18-19H,5-15H2,1-2H3/t18-,19-,23+/m1/s1. The topological polar surface area (TPSA) is 63.6 Å². The zero-order chi connectivity index (χ0) is 20.6. The monoisotopic (exact) mass is 411 g/mol. The van der Waals surface area contributed by atoms with E-state index in [2.05, 4.69) is 19.8 Å². The quantitative estimate of drug-likeness (QED) is 0.766. The van der Waals surface area contributed by atoms with Crippen LogP contribution in [0, 0.1) is 18.3 Å². The van der Waals surface area contributed by atoms with Gasteiger partial charge in [-0.1, -0.05) is 0 Å². The van der Waals surface area contributed by atoms with Crippen molar-refractivity contribution in [3.8, 4) is 0 Å². The van der Waals surface area contributed by atoms with Gasteiger partial charge in [0.1, 0.15) is 11.8 Å². The van der Waals surface area contributed by atoms with E-state index in [9.17, 15) is 0 Å². The summed E-state index contributed by atoms with van der Waals surface area (Å²) in [7, 11) is 1.85. The van der Waals surface area contributed by atoms with Crippen LogP contribution in [0.5, 0.6) is 0 Å². The highest BCUT2D eigenvalue weighted by molar-refractivity contribution is 5.85. The summed E-state index contributed by atoms with van der Waals surface area (Å²) in [6.45, 7) is 8.78. The number of hydrogen-bond donors (Lipinski definition) is 0. The number of morpholine rings is 1. The number of rotatable bonds is 4. The lowest BCUT2D eigenvalue weighted by atomic mass is 9.62. The second-order valence-electron chi connectivity index (χ2n) is 9.30. The predicted octanol–water partition coefficient (Wildman–Crippen LogP) is 2.68. The molecule has 7 heteroatoms. The Hall–Kier alpha value is -1.83. The molecule has 0 unspecified atom stereocenters. The predicted molar refractivity (Wildman–Crippen MR) is 117 cm³/mol. The fraction of sp³-hybridized carbons (Fsp3) is 0.696. The van der Waals surface area contributed by atoms with Crippen molar-refractivity contribution in [2.75, 3.05) is 58.0 Å². The van der Waals surface area contributed by atoms with Crippen LogP contribution in [0.2, 0.25) is 0 Å². The molecule has 3 atom stereocenters. The van der Waals surface area contributed by atoms with Gasteiger partial charge < -0.3 is 14.4 Å². The zero-order valence-electron chi connectivity index (χ0n) is 18.2. The van der Waals surface area contributed by atoms with E-state index < -0.39 is 0 Å². The van der Waals surface area contributed by atoms with Gasteiger partial charge in [0.15, 0.2) is 5.82 Å². The number of methoxy groups -OCH3 is 1. The van der Waals surface area contributed by atoms with Crippen LogP contribution in [0.4, 0.5) is 5.82 Å². The maximum atomic E-state index is 5.80. The summed E-state index contributed by atoms with van der Waals surface area (Å²) >= 11 is 0. The number of pyridine rings is 1. The fourth-order valence-electron chi connectivity index (χ4n) is 5.99. The number of fused-ring (bicyclic) bond motifs is 2. The van der Waals surface area contributed by atoms with Gasteiger partial charge >= 0.3 is 0 Å². The Morgan fingerprint density at radius 3 is 2.87 bits per heavy atom. The average molecular weight is 412 g/mol. The molecule has 2 saturated heterocycles. The molecule has 5 rings (SSSR count). The first kappa shape index (κ1) is 20.1. The molecule has 2 aromatic heterocycles. The highest BCUT2D eigenvalue weighted by Gasteiger charge is 2.48. The Balaban J connectivity index is 1.39. The second-order valence-corrected chi connectivity index (χ2v) is 9.30. The Bertz CT molecular complexity index is 887. The van der Waals surface area contributed by atoms with Crippen molar-refractivity contribution in [3.05, 3.63) is 24.2 Å². The molecule has 1 saturated carbocycles. The van der Waals surface area contributed by atoms with Gasteiger partial charge in [0.2, 0.25) is 0 Å². The van der Waals surface area contributed by atoms with Gasteiger partial charge in [-0.15, -0.1) is 0 Å². The Morgan fingerprint density at radius 2 is 2.03 bits per heavy atom. The molecule has 0 amide bonds. The molecule has 0 bridgehead atoms. The highest BCUT2D eigenvalue weighted by atomic mass is 16.5. The van der Waals surface area contributed by atoms with E-state index in [1.165, 1.54) is 25.7 Å². The van der Waals surface area contributed by atoms with Crippen LogP contribution < -0.4 is 4.90 Å². The van der Waals surface area contributed by atoms with Gasteiger partial charge in [-0.3, -0.25) is 4.90 Å². The van der Waals surface area contributed by atoms with Crippen LogP contribution in [0.3, 0.4) is 0 Å². The third kappa shape index (κ3) is 3.67. The van der Waals surface area contributed by atoms with Crippen molar-refractivity contribution in [2.45, 2.75) is 38.6 Å². The molecule has 3 aliphatic rings. The number of hydrogen-bond acceptors (Lipinski definition) is 7. The van der Waals surface area contributed by atoms with Gasteiger partial charge in [0.05, 0.1) is 25.3 Å². The first-order valence-electron chi connectivity index (χ1n) is 11.3. The van der Waals surface area contributed by atoms with E-state index in [-0.39, 0.29) is 5.41 Å². The lowest BCUT2D eigenvalue weighted by Crippen LogP contribution is -2.57. The first-order chi connectivity index (χ1) is 14.7. The van der Waals surface area contributed by atoms with Gasteiger partial charge in [-0.05, 0) is 50.7 Å². The number of aromatic nitrogens is 3. The molecule has 7 nitrogen and oxygen atoms in total. The molecule has 0 spiro atoms. The Kier molecular flexibility index (Phi) is 5.60. The van der Waals surface area contributed by atoms with Crippen LogP contribution in [0.25, 0.3) is 11.0 Å². The maximum Gasteiger partial charge on any atom is 0.158 e. The number of aryl methyl sites for hydroxylation is 1. The van der Waals surface area contributed by atoms with Crippen molar-refractivity contribution >= 4 is 16.9 Å². The molecular weight excluding hydrogens is 378 g/mol. The van der Waals surface area contributed by atoms with Crippen molar-refractivity contribution in [2.24, 2.45) is 11.3 Å². The van der Waals surface area contributed by atoms with Crippen LogP contribution in [-0.2, 0) is 9.47 Å². The fourth-order valence-corrected chi connectivity index (χ4v) is 5.99. The summed E-state index contributed by atoms with van der Waals surface area (Å²) in [4.78, 5) is 19.0. The molecule has 0 radical (unpaired) electrons.